The molecule has 0 aliphatic carbocycles. The number of nitrogens with one attached hydrogen (secondary N) is 1. The van der Waals surface area contributed by atoms with Gasteiger partial charge in [-0.1, -0.05) is 0 Å². The van der Waals surface area contributed by atoms with E-state index >= 15 is 0 Å². The number of morpholine rings is 1. The number of aliphatic imine (C=N–C) groups is 1. The zero-order chi connectivity index (χ0) is 18.1. The smallest absolute Gasteiger partial charge is 0.409 e. The molecule has 2 fully saturated rings. The van der Waals surface area contributed by atoms with Crippen LogP contribution in [0.4, 0.5) is 4.79 Å². The van der Waals surface area contributed by atoms with Gasteiger partial charge in [-0.15, -0.1) is 24.0 Å². The molecule has 10 heteroatoms. The van der Waals surface area contributed by atoms with Gasteiger partial charge < -0.3 is 30.5 Å². The second-order valence-corrected chi connectivity index (χ2v) is 6.40. The van der Waals surface area contributed by atoms with Crippen LogP contribution in [0, 0.1) is 0 Å². The molecule has 1 amide bonds. The Morgan fingerprint density at radius 2 is 2.00 bits per heavy atom. The summed E-state index contributed by atoms with van der Waals surface area (Å²) in [6.45, 7) is 7.44. The number of hydrogen-bond donors (Lipinski definition) is 3. The third-order valence-electron chi connectivity index (χ3n) is 4.42. The number of rotatable bonds is 6. The lowest BCUT2D eigenvalue weighted by molar-refractivity contribution is 0.0165. The molecule has 0 bridgehead atoms. The minimum atomic E-state index is -0.538. The SMILES string of the molecule is CCOC(=O)N1CCC(NC(N)=NCC(O)CN2CCOCC2)CC1.I. The summed E-state index contributed by atoms with van der Waals surface area (Å²) in [5.41, 5.74) is 5.92. The van der Waals surface area contributed by atoms with Gasteiger partial charge in [0.05, 0.1) is 32.5 Å². The molecule has 152 valence electrons. The summed E-state index contributed by atoms with van der Waals surface area (Å²) in [6, 6.07) is 0.186. The highest BCUT2D eigenvalue weighted by molar-refractivity contribution is 14.0. The third kappa shape index (κ3) is 8.23. The summed E-state index contributed by atoms with van der Waals surface area (Å²) in [6.07, 6.45) is 0.800. The number of aliphatic hydroxyl groups is 1. The molecular formula is C16H32IN5O4. The van der Waals surface area contributed by atoms with Crippen LogP contribution in [0.25, 0.3) is 0 Å². The van der Waals surface area contributed by atoms with Crippen molar-refractivity contribution in [1.82, 2.24) is 15.1 Å². The molecule has 0 saturated carbocycles. The fourth-order valence-corrected chi connectivity index (χ4v) is 3.02. The van der Waals surface area contributed by atoms with Crippen LogP contribution in [0.5, 0.6) is 0 Å². The summed E-state index contributed by atoms with van der Waals surface area (Å²) in [5, 5.41) is 13.2. The monoisotopic (exact) mass is 485 g/mol. The van der Waals surface area contributed by atoms with Crippen molar-refractivity contribution >= 4 is 36.0 Å². The van der Waals surface area contributed by atoms with Gasteiger partial charge in [-0.2, -0.15) is 0 Å². The molecule has 1 unspecified atom stereocenters. The number of guanidine groups is 1. The molecule has 0 aromatic rings. The molecule has 0 spiro atoms. The van der Waals surface area contributed by atoms with Gasteiger partial charge in [0.1, 0.15) is 0 Å². The number of aliphatic hydroxyl groups excluding tert-OH is 1. The Hall–Kier alpha value is -0.850. The molecule has 0 radical (unpaired) electrons. The normalized spacial score (nSPS) is 21.0. The van der Waals surface area contributed by atoms with Crippen molar-refractivity contribution in [2.45, 2.75) is 31.9 Å². The minimum Gasteiger partial charge on any atom is -0.450 e. The number of halogens is 1. The van der Waals surface area contributed by atoms with Crippen LogP contribution in [0.2, 0.25) is 0 Å². The molecule has 2 rings (SSSR count). The lowest BCUT2D eigenvalue weighted by Gasteiger charge is -2.31. The summed E-state index contributed by atoms with van der Waals surface area (Å²) in [7, 11) is 0. The van der Waals surface area contributed by atoms with E-state index in [0.29, 0.717) is 45.4 Å². The topological polar surface area (TPSA) is 113 Å². The number of hydrogen-bond acceptors (Lipinski definition) is 6. The summed E-state index contributed by atoms with van der Waals surface area (Å²) in [4.78, 5) is 19.8. The van der Waals surface area contributed by atoms with Crippen LogP contribution in [-0.2, 0) is 9.47 Å². The third-order valence-corrected chi connectivity index (χ3v) is 4.42. The van der Waals surface area contributed by atoms with Gasteiger partial charge >= 0.3 is 6.09 Å². The predicted molar refractivity (Wildman–Crippen MR) is 110 cm³/mol. The molecule has 2 aliphatic rings. The number of carbonyl (C=O) groups excluding carboxylic acids is 1. The van der Waals surface area contributed by atoms with E-state index < -0.39 is 6.10 Å². The van der Waals surface area contributed by atoms with Crippen LogP contribution >= 0.6 is 24.0 Å². The van der Waals surface area contributed by atoms with E-state index in [1.807, 2.05) is 0 Å². The highest BCUT2D eigenvalue weighted by Gasteiger charge is 2.23. The molecule has 2 heterocycles. The maximum absolute atomic E-state index is 11.7. The number of amides is 1. The molecule has 0 aromatic carbocycles. The van der Waals surface area contributed by atoms with Gasteiger partial charge in [-0.3, -0.25) is 9.89 Å². The number of nitrogens with zero attached hydrogens (tertiary/aromatic N) is 3. The Morgan fingerprint density at radius 3 is 2.62 bits per heavy atom. The van der Waals surface area contributed by atoms with Crippen molar-refractivity contribution in [1.29, 1.82) is 0 Å². The molecular weight excluding hydrogens is 453 g/mol. The fourth-order valence-electron chi connectivity index (χ4n) is 3.02. The Bertz CT molecular complexity index is 440. The molecule has 4 N–H and O–H groups in total. The van der Waals surface area contributed by atoms with Crippen molar-refractivity contribution < 1.29 is 19.4 Å². The first-order chi connectivity index (χ1) is 12.1. The van der Waals surface area contributed by atoms with Crippen LogP contribution in [0.1, 0.15) is 19.8 Å². The van der Waals surface area contributed by atoms with Crippen LogP contribution in [0.3, 0.4) is 0 Å². The van der Waals surface area contributed by atoms with Crippen molar-refractivity contribution in [2.24, 2.45) is 10.7 Å². The van der Waals surface area contributed by atoms with Crippen molar-refractivity contribution in [3.05, 3.63) is 0 Å². The zero-order valence-electron chi connectivity index (χ0n) is 15.4. The molecule has 2 aliphatic heterocycles. The molecule has 26 heavy (non-hydrogen) atoms. The highest BCUT2D eigenvalue weighted by atomic mass is 127. The fraction of sp³-hybridized carbons (Fsp3) is 0.875. The number of β-amino-alcohol motifs (C(OH)–C–C–N with tert-alkyl or cyclic N) is 1. The number of nitrogens with two attached hydrogens (primary N) is 1. The average Bonchev–Trinajstić information content (AvgIpc) is 2.62. The lowest BCUT2D eigenvalue weighted by Crippen LogP contribution is -2.48. The summed E-state index contributed by atoms with van der Waals surface area (Å²) >= 11 is 0. The van der Waals surface area contributed by atoms with Gasteiger partial charge in [0.15, 0.2) is 5.96 Å². The first-order valence-electron chi connectivity index (χ1n) is 9.04. The molecule has 0 aromatic heterocycles. The van der Waals surface area contributed by atoms with E-state index in [1.54, 1.807) is 11.8 Å². The Balaban J connectivity index is 0.00000338. The zero-order valence-corrected chi connectivity index (χ0v) is 17.8. The summed E-state index contributed by atoms with van der Waals surface area (Å²) < 4.78 is 10.3. The van der Waals surface area contributed by atoms with Crippen molar-refractivity contribution in [3.8, 4) is 0 Å². The first-order valence-corrected chi connectivity index (χ1v) is 9.04. The molecule has 1 atom stereocenters. The van der Waals surface area contributed by atoms with E-state index in [1.165, 1.54) is 0 Å². The van der Waals surface area contributed by atoms with Crippen LogP contribution in [0.15, 0.2) is 4.99 Å². The predicted octanol–water partition coefficient (Wildman–Crippen LogP) is -0.177. The van der Waals surface area contributed by atoms with Crippen molar-refractivity contribution in [2.75, 3.05) is 59.1 Å². The lowest BCUT2D eigenvalue weighted by atomic mass is 10.1. The Labute approximate surface area is 172 Å². The number of piperidine rings is 1. The average molecular weight is 485 g/mol. The number of ether oxygens (including phenoxy) is 2. The molecule has 9 nitrogen and oxygen atoms in total. The first kappa shape index (κ1) is 23.2. The quantitative estimate of drug-likeness (QED) is 0.272. The van der Waals surface area contributed by atoms with Gasteiger partial charge in [-0.05, 0) is 19.8 Å². The van der Waals surface area contributed by atoms with Crippen molar-refractivity contribution in [3.63, 3.8) is 0 Å². The highest BCUT2D eigenvalue weighted by Crippen LogP contribution is 2.11. The largest absolute Gasteiger partial charge is 0.450 e. The number of likely N-dealkylation sites (tertiary alicyclic amines) is 1. The van der Waals surface area contributed by atoms with Crippen LogP contribution in [-0.4, -0.2) is 98.2 Å². The Kier molecular flexibility index (Phi) is 11.2. The number of carbonyl (C=O) groups is 1. The maximum atomic E-state index is 11.7. The summed E-state index contributed by atoms with van der Waals surface area (Å²) in [5.74, 6) is 0.343. The van der Waals surface area contributed by atoms with Gasteiger partial charge in [0.25, 0.3) is 0 Å². The van der Waals surface area contributed by atoms with E-state index in [2.05, 4.69) is 15.2 Å². The van der Waals surface area contributed by atoms with Crippen LogP contribution < -0.4 is 11.1 Å². The van der Waals surface area contributed by atoms with Gasteiger partial charge in [-0.25, -0.2) is 4.79 Å². The van der Waals surface area contributed by atoms with E-state index in [9.17, 15) is 9.90 Å². The Morgan fingerprint density at radius 1 is 1.35 bits per heavy atom. The maximum Gasteiger partial charge on any atom is 0.409 e. The van der Waals surface area contributed by atoms with Gasteiger partial charge in [0, 0.05) is 38.8 Å². The van der Waals surface area contributed by atoms with E-state index in [-0.39, 0.29) is 42.7 Å². The second-order valence-electron chi connectivity index (χ2n) is 6.40. The standard InChI is InChI=1S/C16H31N5O4.HI/c1-2-25-16(23)21-5-3-13(4-6-21)19-15(17)18-11-14(22)12-20-7-9-24-10-8-20;/h13-14,22H,2-12H2,1H3,(H3,17,18,19);1H. The minimum absolute atomic E-state index is 0. The van der Waals surface area contributed by atoms with E-state index in [0.717, 1.165) is 25.9 Å². The molecule has 2 saturated heterocycles. The second kappa shape index (κ2) is 12.5. The van der Waals surface area contributed by atoms with E-state index in [4.69, 9.17) is 15.2 Å². The van der Waals surface area contributed by atoms with Gasteiger partial charge in [0.2, 0.25) is 0 Å².